The summed E-state index contributed by atoms with van der Waals surface area (Å²) in [6, 6.07) is 11.6. The first kappa shape index (κ1) is 39.0. The van der Waals surface area contributed by atoms with E-state index in [-0.39, 0.29) is 43.8 Å². The molecule has 18 heteroatoms. The summed E-state index contributed by atoms with van der Waals surface area (Å²) in [7, 11) is -3.60. The van der Waals surface area contributed by atoms with Crippen molar-refractivity contribution in [2.75, 3.05) is 83.2 Å². The molecule has 3 aromatic heterocycles. The Morgan fingerprint density at radius 1 is 0.926 bits per heavy atom. The van der Waals surface area contributed by atoms with Crippen LogP contribution in [0.5, 0.6) is 0 Å². The van der Waals surface area contributed by atoms with E-state index in [0.717, 1.165) is 35.3 Å². The fraction of sp³-hybridized carbons (Fsp3) is 0.472. The fourth-order valence-corrected chi connectivity index (χ4v) is 7.46. The van der Waals surface area contributed by atoms with Crippen LogP contribution in [-0.2, 0) is 53.3 Å². The van der Waals surface area contributed by atoms with Crippen LogP contribution in [0.15, 0.2) is 47.1 Å². The van der Waals surface area contributed by atoms with E-state index in [0.29, 0.717) is 92.8 Å². The highest BCUT2D eigenvalue weighted by molar-refractivity contribution is 7.89. The van der Waals surface area contributed by atoms with Crippen LogP contribution >= 0.6 is 0 Å². The van der Waals surface area contributed by atoms with E-state index in [2.05, 4.69) is 33.3 Å². The third kappa shape index (κ3) is 10.1. The Morgan fingerprint density at radius 3 is 2.43 bits per heavy atom. The molecule has 0 spiro atoms. The van der Waals surface area contributed by atoms with Gasteiger partial charge in [0, 0.05) is 38.2 Å². The summed E-state index contributed by atoms with van der Waals surface area (Å²) in [5, 5.41) is 8.19. The number of amides is 1. The van der Waals surface area contributed by atoms with Gasteiger partial charge in [0.15, 0.2) is 11.2 Å². The number of hydrogen-bond donors (Lipinski definition) is 3. The Balaban J connectivity index is 0.947. The number of nitrogens with zero attached hydrogens (tertiary/aromatic N) is 6. The molecule has 0 fully saturated rings. The van der Waals surface area contributed by atoms with E-state index < -0.39 is 10.0 Å². The third-order valence-corrected chi connectivity index (χ3v) is 10.6. The van der Waals surface area contributed by atoms with Gasteiger partial charge >= 0.3 is 0 Å². The van der Waals surface area contributed by atoms with E-state index in [1.54, 1.807) is 10.7 Å². The minimum atomic E-state index is -3.60. The number of nitrogen functional groups attached to an aromatic ring is 2. The van der Waals surface area contributed by atoms with Crippen LogP contribution < -0.4 is 16.8 Å². The summed E-state index contributed by atoms with van der Waals surface area (Å²) in [4.78, 5) is 25.2. The summed E-state index contributed by atoms with van der Waals surface area (Å²) in [6.07, 6.45) is 3.08. The molecule has 5 aromatic rings. The largest absolute Gasteiger partial charge is 0.424 e. The van der Waals surface area contributed by atoms with Gasteiger partial charge in [-0.25, -0.2) is 23.1 Å². The van der Waals surface area contributed by atoms with Crippen molar-refractivity contribution in [1.29, 1.82) is 0 Å². The van der Waals surface area contributed by atoms with Crippen molar-refractivity contribution in [2.45, 2.75) is 39.3 Å². The van der Waals surface area contributed by atoms with E-state index in [1.807, 2.05) is 24.3 Å². The molecule has 17 nitrogen and oxygen atoms in total. The van der Waals surface area contributed by atoms with Gasteiger partial charge in [-0.3, -0.25) is 4.79 Å². The molecule has 1 amide bonds. The highest BCUT2D eigenvalue weighted by Gasteiger charge is 2.27. The SMILES string of the molecule is CCCOCCOCCOCCOCCC(=O)NCCS(=O)(=O)N1CCc2cc(Cn3nc(-c4ccc5oc(N)nc5c4)c4c(N)ncnc43)ccc2C1. The van der Waals surface area contributed by atoms with Crippen molar-refractivity contribution in [3.63, 3.8) is 0 Å². The maximum Gasteiger partial charge on any atom is 0.292 e. The molecule has 0 saturated heterocycles. The number of rotatable bonds is 21. The first-order chi connectivity index (χ1) is 26.2. The molecule has 290 valence electrons. The van der Waals surface area contributed by atoms with Gasteiger partial charge in [0.1, 0.15) is 23.4 Å². The molecule has 5 N–H and O–H groups in total. The third-order valence-electron chi connectivity index (χ3n) is 8.83. The molecule has 0 radical (unpaired) electrons. The van der Waals surface area contributed by atoms with Gasteiger partial charge in [-0.15, -0.1) is 0 Å². The van der Waals surface area contributed by atoms with Crippen LogP contribution in [0, 0.1) is 0 Å². The number of fused-ring (bicyclic) bond motifs is 3. The minimum absolute atomic E-state index is 0.0183. The average Bonchev–Trinajstić information content (AvgIpc) is 3.72. The second kappa shape index (κ2) is 18.5. The van der Waals surface area contributed by atoms with Crippen LogP contribution in [0.2, 0.25) is 0 Å². The summed E-state index contributed by atoms with van der Waals surface area (Å²) in [5.41, 5.74) is 18.1. The molecule has 1 aliphatic rings. The number of carbonyl (C=O) groups is 1. The Kier molecular flexibility index (Phi) is 13.4. The van der Waals surface area contributed by atoms with Gasteiger partial charge < -0.3 is 40.1 Å². The second-order valence-corrected chi connectivity index (χ2v) is 14.8. The van der Waals surface area contributed by atoms with Crippen molar-refractivity contribution < 1.29 is 36.6 Å². The Morgan fingerprint density at radius 2 is 1.67 bits per heavy atom. The fourth-order valence-electron chi connectivity index (χ4n) is 6.13. The van der Waals surface area contributed by atoms with Gasteiger partial charge in [0.05, 0.1) is 63.9 Å². The quantitative estimate of drug-likeness (QED) is 0.0914. The number of oxazole rings is 1. The monoisotopic (exact) mass is 765 g/mol. The normalized spacial score (nSPS) is 13.5. The molecule has 0 bridgehead atoms. The molecule has 54 heavy (non-hydrogen) atoms. The maximum atomic E-state index is 13.2. The van der Waals surface area contributed by atoms with E-state index in [9.17, 15) is 13.2 Å². The predicted octanol–water partition coefficient (Wildman–Crippen LogP) is 2.52. The highest BCUT2D eigenvalue weighted by Crippen LogP contribution is 2.33. The summed E-state index contributed by atoms with van der Waals surface area (Å²) in [5.74, 6) is -0.154. The number of hydrogen-bond acceptors (Lipinski definition) is 14. The van der Waals surface area contributed by atoms with Gasteiger partial charge in [0.25, 0.3) is 6.01 Å². The standard InChI is InChI=1S/C36H47N9O8S/c1-2-11-49-13-15-51-17-18-52-16-14-50-12-8-31(46)39-9-19-54(47,48)44-10-7-26-20-25(3-4-28(26)23-44)22-45-35-32(34(37)40-24-41-35)33(43-45)27-5-6-30-29(21-27)42-36(38)53-30/h3-6,20-21,24H,2,7-19,22-23H2,1H3,(H2,38,42)(H,39,46)(H2,37,40,41). The van der Waals surface area contributed by atoms with Crippen LogP contribution in [0.3, 0.4) is 0 Å². The van der Waals surface area contributed by atoms with Crippen molar-refractivity contribution >= 4 is 49.9 Å². The highest BCUT2D eigenvalue weighted by atomic mass is 32.2. The number of nitrogens with one attached hydrogen (secondary N) is 1. The van der Waals surface area contributed by atoms with E-state index >= 15 is 0 Å². The number of benzene rings is 2. The lowest BCUT2D eigenvalue weighted by Crippen LogP contribution is -2.40. The van der Waals surface area contributed by atoms with Crippen molar-refractivity contribution in [3.05, 3.63) is 59.4 Å². The number of ether oxygens (including phenoxy) is 4. The first-order valence-corrected chi connectivity index (χ1v) is 19.6. The Hall–Kier alpha value is -4.72. The zero-order valence-electron chi connectivity index (χ0n) is 30.4. The number of nitrogens with two attached hydrogens (primary N) is 2. The summed E-state index contributed by atoms with van der Waals surface area (Å²) >= 11 is 0. The molecule has 0 saturated carbocycles. The second-order valence-electron chi connectivity index (χ2n) is 12.8. The molecule has 1 aliphatic heterocycles. The number of anilines is 2. The zero-order chi connectivity index (χ0) is 37.9. The van der Waals surface area contributed by atoms with Gasteiger partial charge in [-0.05, 0) is 47.7 Å². The van der Waals surface area contributed by atoms with Gasteiger partial charge in [-0.2, -0.15) is 14.4 Å². The molecule has 6 rings (SSSR count). The number of carbonyl (C=O) groups excluding carboxylic acids is 1. The Labute approximate surface area is 313 Å². The number of aromatic nitrogens is 5. The molecule has 0 unspecified atom stereocenters. The predicted molar refractivity (Wildman–Crippen MR) is 202 cm³/mol. The molecular formula is C36H47N9O8S. The molecule has 0 atom stereocenters. The smallest absolute Gasteiger partial charge is 0.292 e. The Bertz CT molecular complexity index is 2140. The van der Waals surface area contributed by atoms with E-state index in [4.69, 9.17) is 39.9 Å². The van der Waals surface area contributed by atoms with Gasteiger partial charge in [-0.1, -0.05) is 25.1 Å². The van der Waals surface area contributed by atoms with E-state index in [1.165, 1.54) is 10.6 Å². The van der Waals surface area contributed by atoms with Crippen molar-refractivity contribution in [3.8, 4) is 11.3 Å². The summed E-state index contributed by atoms with van der Waals surface area (Å²) in [6.45, 7) is 6.82. The molecule has 4 heterocycles. The zero-order valence-corrected chi connectivity index (χ0v) is 31.2. The lowest BCUT2D eigenvalue weighted by molar-refractivity contribution is -0.122. The number of sulfonamides is 1. The van der Waals surface area contributed by atoms with Crippen LogP contribution in [0.25, 0.3) is 33.4 Å². The lowest BCUT2D eigenvalue weighted by atomic mass is 9.98. The van der Waals surface area contributed by atoms with Crippen LogP contribution in [0.4, 0.5) is 11.8 Å². The van der Waals surface area contributed by atoms with Crippen LogP contribution in [0.1, 0.15) is 36.5 Å². The topological polar surface area (TPSA) is 225 Å². The van der Waals surface area contributed by atoms with Crippen molar-refractivity contribution in [2.24, 2.45) is 0 Å². The molecule has 2 aromatic carbocycles. The van der Waals surface area contributed by atoms with Crippen molar-refractivity contribution in [1.82, 2.24) is 34.4 Å². The molecule has 0 aliphatic carbocycles. The average molecular weight is 766 g/mol. The maximum absolute atomic E-state index is 13.2. The minimum Gasteiger partial charge on any atom is -0.424 e. The van der Waals surface area contributed by atoms with Crippen LogP contribution in [-0.4, -0.2) is 115 Å². The van der Waals surface area contributed by atoms with Gasteiger partial charge in [0.2, 0.25) is 15.9 Å². The lowest BCUT2D eigenvalue weighted by Gasteiger charge is -2.28. The molecular weight excluding hydrogens is 719 g/mol. The summed E-state index contributed by atoms with van der Waals surface area (Å²) < 4.78 is 56.7. The first-order valence-electron chi connectivity index (χ1n) is 18.0.